The van der Waals surface area contributed by atoms with Crippen molar-refractivity contribution < 1.29 is 0 Å². The summed E-state index contributed by atoms with van der Waals surface area (Å²) in [6, 6.07) is 0. The topological polar surface area (TPSA) is 0 Å². The Kier molecular flexibility index (Phi) is 11.7. The Morgan fingerprint density at radius 3 is 1.73 bits per heavy atom. The Balaban J connectivity index is 4.37. The van der Waals surface area contributed by atoms with E-state index in [0.29, 0.717) is 17.8 Å². The summed E-state index contributed by atoms with van der Waals surface area (Å²) in [6.45, 7) is 18.8. The highest BCUT2D eigenvalue weighted by Gasteiger charge is 2.19. The molecule has 0 aliphatic carbocycles. The number of rotatable bonds is 11. The molecule has 22 heavy (non-hydrogen) atoms. The fourth-order valence-electron chi connectivity index (χ4n) is 3.20. The minimum atomic E-state index is 0.635. The molecule has 0 aromatic rings. The molecule has 0 rings (SSSR count). The van der Waals surface area contributed by atoms with Gasteiger partial charge in [-0.05, 0) is 41.9 Å². The molecule has 0 spiro atoms. The van der Waals surface area contributed by atoms with Gasteiger partial charge in [-0.1, -0.05) is 99.0 Å². The van der Waals surface area contributed by atoms with E-state index in [1.165, 1.54) is 25.7 Å². The number of allylic oxidation sites excluding steroid dienone is 4. The van der Waals surface area contributed by atoms with Crippen molar-refractivity contribution in [3.63, 3.8) is 0 Å². The SMILES string of the molecule is CCC(C)C=CC(C)C(C)C=CCC(C)C(CC)C(C)CC. The van der Waals surface area contributed by atoms with E-state index in [4.69, 9.17) is 0 Å². The Morgan fingerprint density at radius 2 is 1.23 bits per heavy atom. The van der Waals surface area contributed by atoms with Crippen LogP contribution in [0.15, 0.2) is 24.3 Å². The van der Waals surface area contributed by atoms with Crippen LogP contribution in [0, 0.1) is 35.5 Å². The summed E-state index contributed by atoms with van der Waals surface area (Å²) in [5.74, 6) is 4.50. The molecule has 0 fully saturated rings. The lowest BCUT2D eigenvalue weighted by Gasteiger charge is -2.27. The molecule has 0 aromatic heterocycles. The molecule has 0 N–H and O–H groups in total. The first-order valence-corrected chi connectivity index (χ1v) is 9.72. The standard InChI is InChI=1S/C22H42/c1-9-17(4)15-16-20(7)19(6)13-12-14-21(8)22(11-3)18(5)10-2/h12-13,15-22H,9-11,14H2,1-8H3. The molecule has 0 nitrogen and oxygen atoms in total. The van der Waals surface area contributed by atoms with Gasteiger partial charge in [0, 0.05) is 0 Å². The molecular formula is C22H42. The summed E-state index contributed by atoms with van der Waals surface area (Å²) < 4.78 is 0. The summed E-state index contributed by atoms with van der Waals surface area (Å²) in [5, 5.41) is 0. The minimum Gasteiger partial charge on any atom is -0.0880 e. The monoisotopic (exact) mass is 306 g/mol. The first kappa shape index (κ1) is 21.5. The van der Waals surface area contributed by atoms with Crippen molar-refractivity contribution in [2.45, 2.75) is 81.1 Å². The molecule has 0 saturated heterocycles. The quantitative estimate of drug-likeness (QED) is 0.346. The van der Waals surface area contributed by atoms with Crippen LogP contribution < -0.4 is 0 Å². The van der Waals surface area contributed by atoms with Crippen LogP contribution in [0.3, 0.4) is 0 Å². The van der Waals surface area contributed by atoms with E-state index in [1.807, 2.05) is 0 Å². The highest BCUT2D eigenvalue weighted by atomic mass is 14.2. The van der Waals surface area contributed by atoms with Crippen LogP contribution in [-0.4, -0.2) is 0 Å². The Bertz CT molecular complexity index is 312. The van der Waals surface area contributed by atoms with Crippen molar-refractivity contribution in [2.24, 2.45) is 35.5 Å². The van der Waals surface area contributed by atoms with Crippen LogP contribution in [0.25, 0.3) is 0 Å². The van der Waals surface area contributed by atoms with Gasteiger partial charge in [-0.2, -0.15) is 0 Å². The van der Waals surface area contributed by atoms with Crippen LogP contribution in [0.5, 0.6) is 0 Å². The van der Waals surface area contributed by atoms with Crippen molar-refractivity contribution >= 4 is 0 Å². The normalized spacial score (nSPS) is 20.9. The van der Waals surface area contributed by atoms with E-state index < -0.39 is 0 Å². The lowest BCUT2D eigenvalue weighted by Crippen LogP contribution is -2.18. The van der Waals surface area contributed by atoms with E-state index in [2.05, 4.69) is 79.7 Å². The highest BCUT2D eigenvalue weighted by Crippen LogP contribution is 2.29. The Hall–Kier alpha value is -0.520. The molecule has 6 atom stereocenters. The zero-order valence-corrected chi connectivity index (χ0v) is 16.6. The lowest BCUT2D eigenvalue weighted by atomic mass is 9.78. The van der Waals surface area contributed by atoms with E-state index in [0.717, 1.165) is 17.8 Å². The average Bonchev–Trinajstić information content (AvgIpc) is 2.52. The van der Waals surface area contributed by atoms with Gasteiger partial charge in [0.15, 0.2) is 0 Å². The zero-order valence-electron chi connectivity index (χ0n) is 16.6. The Morgan fingerprint density at radius 1 is 0.636 bits per heavy atom. The molecule has 6 unspecified atom stereocenters. The van der Waals surface area contributed by atoms with Crippen molar-refractivity contribution in [2.75, 3.05) is 0 Å². The maximum absolute atomic E-state index is 2.44. The molecule has 0 heterocycles. The fourth-order valence-corrected chi connectivity index (χ4v) is 3.20. The molecule has 0 saturated carbocycles. The maximum atomic E-state index is 2.44. The van der Waals surface area contributed by atoms with E-state index in [-0.39, 0.29) is 0 Å². The van der Waals surface area contributed by atoms with Gasteiger partial charge in [-0.25, -0.2) is 0 Å². The molecule has 0 bridgehead atoms. The summed E-state index contributed by atoms with van der Waals surface area (Å²) >= 11 is 0. The van der Waals surface area contributed by atoms with Crippen LogP contribution in [0.4, 0.5) is 0 Å². The van der Waals surface area contributed by atoms with Crippen LogP contribution >= 0.6 is 0 Å². The van der Waals surface area contributed by atoms with Gasteiger partial charge in [0.05, 0.1) is 0 Å². The van der Waals surface area contributed by atoms with Crippen LogP contribution in [0.1, 0.15) is 81.1 Å². The second kappa shape index (κ2) is 12.0. The van der Waals surface area contributed by atoms with Crippen LogP contribution in [-0.2, 0) is 0 Å². The second-order valence-electron chi connectivity index (χ2n) is 7.59. The summed E-state index contributed by atoms with van der Waals surface area (Å²) in [4.78, 5) is 0. The van der Waals surface area contributed by atoms with Crippen molar-refractivity contribution in [3.8, 4) is 0 Å². The van der Waals surface area contributed by atoms with E-state index in [1.54, 1.807) is 0 Å². The first-order chi connectivity index (χ1) is 10.4. The highest BCUT2D eigenvalue weighted by molar-refractivity contribution is 4.98. The summed E-state index contributed by atoms with van der Waals surface area (Å²) in [7, 11) is 0. The number of hydrogen-bond donors (Lipinski definition) is 0. The van der Waals surface area contributed by atoms with Crippen molar-refractivity contribution in [1.82, 2.24) is 0 Å². The fraction of sp³-hybridized carbons (Fsp3) is 0.818. The van der Waals surface area contributed by atoms with Crippen molar-refractivity contribution in [1.29, 1.82) is 0 Å². The molecule has 0 aliphatic heterocycles. The van der Waals surface area contributed by atoms with Gasteiger partial charge in [0.25, 0.3) is 0 Å². The minimum absolute atomic E-state index is 0.635. The molecule has 0 heteroatoms. The first-order valence-electron chi connectivity index (χ1n) is 9.72. The predicted molar refractivity (Wildman–Crippen MR) is 103 cm³/mol. The third-order valence-electron chi connectivity index (χ3n) is 5.74. The maximum Gasteiger partial charge on any atom is -0.0201 e. The van der Waals surface area contributed by atoms with E-state index >= 15 is 0 Å². The summed E-state index contributed by atoms with van der Waals surface area (Å²) in [6.07, 6.45) is 14.7. The van der Waals surface area contributed by atoms with Crippen molar-refractivity contribution in [3.05, 3.63) is 24.3 Å². The molecule has 0 aliphatic rings. The summed E-state index contributed by atoms with van der Waals surface area (Å²) in [5.41, 5.74) is 0. The van der Waals surface area contributed by atoms with Crippen LogP contribution in [0.2, 0.25) is 0 Å². The smallest absolute Gasteiger partial charge is 0.0201 e. The molecule has 0 radical (unpaired) electrons. The number of hydrogen-bond acceptors (Lipinski definition) is 0. The predicted octanol–water partition coefficient (Wildman–Crippen LogP) is 7.52. The van der Waals surface area contributed by atoms with Gasteiger partial charge >= 0.3 is 0 Å². The van der Waals surface area contributed by atoms with Gasteiger partial charge in [0.1, 0.15) is 0 Å². The molecule has 0 aromatic carbocycles. The molecule has 130 valence electrons. The average molecular weight is 307 g/mol. The molecular weight excluding hydrogens is 264 g/mol. The lowest BCUT2D eigenvalue weighted by molar-refractivity contribution is 0.242. The van der Waals surface area contributed by atoms with E-state index in [9.17, 15) is 0 Å². The van der Waals surface area contributed by atoms with Gasteiger partial charge in [-0.3, -0.25) is 0 Å². The third-order valence-corrected chi connectivity index (χ3v) is 5.74. The van der Waals surface area contributed by atoms with Gasteiger partial charge in [-0.15, -0.1) is 0 Å². The largest absolute Gasteiger partial charge is 0.0880 e. The zero-order chi connectivity index (χ0) is 17.1. The third kappa shape index (κ3) is 8.20. The molecule has 0 amide bonds. The second-order valence-corrected chi connectivity index (χ2v) is 7.59. The van der Waals surface area contributed by atoms with Gasteiger partial charge < -0.3 is 0 Å². The Labute approximate surface area is 141 Å². The van der Waals surface area contributed by atoms with Gasteiger partial charge in [0.2, 0.25) is 0 Å².